The van der Waals surface area contributed by atoms with Crippen LogP contribution in [-0.2, 0) is 10.0 Å². The molecule has 0 bridgehead atoms. The lowest BCUT2D eigenvalue weighted by atomic mass is 10.0. The van der Waals surface area contributed by atoms with Gasteiger partial charge in [-0.1, -0.05) is 6.42 Å². The van der Waals surface area contributed by atoms with E-state index >= 15 is 0 Å². The quantitative estimate of drug-likeness (QED) is 0.820. The number of fused-ring (bicyclic) bond motifs is 1. The highest BCUT2D eigenvalue weighted by atomic mass is 32.2. The van der Waals surface area contributed by atoms with Gasteiger partial charge >= 0.3 is 0 Å². The third kappa shape index (κ3) is 2.89. The number of nitrogens with zero attached hydrogens (tertiary/aromatic N) is 5. The molecule has 24 heavy (non-hydrogen) atoms. The van der Waals surface area contributed by atoms with Gasteiger partial charge in [0.1, 0.15) is 5.56 Å². The third-order valence-corrected chi connectivity index (χ3v) is 5.58. The van der Waals surface area contributed by atoms with E-state index in [2.05, 4.69) is 10.1 Å². The van der Waals surface area contributed by atoms with Crippen molar-refractivity contribution >= 4 is 21.6 Å². The van der Waals surface area contributed by atoms with Gasteiger partial charge in [0.25, 0.3) is 5.91 Å². The lowest BCUT2D eigenvalue weighted by Crippen LogP contribution is -2.38. The van der Waals surface area contributed by atoms with E-state index in [0.717, 1.165) is 25.0 Å². The highest BCUT2D eigenvalue weighted by Crippen LogP contribution is 2.32. The number of hydrogen-bond donors (Lipinski definition) is 0. The molecule has 2 aromatic rings. The molecule has 0 N–H and O–H groups in total. The number of aromatic nitrogens is 3. The molecular formula is C15H21N5O3S. The van der Waals surface area contributed by atoms with Crippen molar-refractivity contribution in [2.75, 3.05) is 26.9 Å². The van der Waals surface area contributed by atoms with Crippen molar-refractivity contribution in [3.63, 3.8) is 0 Å². The van der Waals surface area contributed by atoms with Crippen LogP contribution >= 0.6 is 0 Å². The topological polar surface area (TPSA) is 87.9 Å². The Kier molecular flexibility index (Phi) is 4.31. The van der Waals surface area contributed by atoms with E-state index in [1.54, 1.807) is 30.9 Å². The molecule has 1 aliphatic rings. The lowest BCUT2D eigenvalue weighted by Gasteiger charge is -2.33. The first-order valence-corrected chi connectivity index (χ1v) is 9.66. The zero-order valence-corrected chi connectivity index (χ0v) is 14.8. The van der Waals surface area contributed by atoms with Crippen molar-refractivity contribution in [1.82, 2.24) is 23.8 Å². The van der Waals surface area contributed by atoms with Gasteiger partial charge in [0.05, 0.1) is 24.2 Å². The predicted octanol–water partition coefficient (Wildman–Crippen LogP) is 0.918. The molecule has 1 fully saturated rings. The summed E-state index contributed by atoms with van der Waals surface area (Å²) in [6, 6.07) is 1.49. The fourth-order valence-electron chi connectivity index (χ4n) is 3.15. The number of amides is 1. The third-order valence-electron chi connectivity index (χ3n) is 4.29. The van der Waals surface area contributed by atoms with Crippen LogP contribution in [-0.4, -0.2) is 65.0 Å². The molecule has 1 saturated heterocycles. The molecule has 8 nitrogen and oxygen atoms in total. The number of rotatable bonds is 3. The van der Waals surface area contributed by atoms with Crippen molar-refractivity contribution < 1.29 is 13.2 Å². The Balaban J connectivity index is 2.11. The molecule has 0 unspecified atom stereocenters. The SMILES string of the molecule is CN(C)C(=O)c1cnn2c([C@H]3CCCCN3S(C)(=O)=O)ccnc12. The van der Waals surface area contributed by atoms with E-state index < -0.39 is 10.0 Å². The van der Waals surface area contributed by atoms with Gasteiger partial charge in [-0.05, 0) is 18.9 Å². The largest absolute Gasteiger partial charge is 0.345 e. The first-order valence-electron chi connectivity index (χ1n) is 7.82. The van der Waals surface area contributed by atoms with Crippen LogP contribution in [0.5, 0.6) is 0 Å². The van der Waals surface area contributed by atoms with Crippen LogP contribution in [0.1, 0.15) is 41.4 Å². The monoisotopic (exact) mass is 351 g/mol. The second-order valence-electron chi connectivity index (χ2n) is 6.25. The standard InChI is InChI=1S/C15H21N5O3S/c1-18(2)15(21)11-10-17-20-13(7-8-16-14(11)20)12-6-4-5-9-19(12)24(3,22)23/h7-8,10,12H,4-6,9H2,1-3H3/t12-/m1/s1. The molecule has 3 rings (SSSR count). The highest BCUT2D eigenvalue weighted by Gasteiger charge is 2.32. The maximum Gasteiger partial charge on any atom is 0.258 e. The summed E-state index contributed by atoms with van der Waals surface area (Å²) in [6.45, 7) is 0.498. The Morgan fingerprint density at radius 2 is 2.08 bits per heavy atom. The molecule has 0 saturated carbocycles. The lowest BCUT2D eigenvalue weighted by molar-refractivity contribution is 0.0829. The molecule has 2 aromatic heterocycles. The van der Waals surface area contributed by atoms with Crippen LogP contribution in [0.25, 0.3) is 5.65 Å². The van der Waals surface area contributed by atoms with Gasteiger partial charge < -0.3 is 4.90 Å². The van der Waals surface area contributed by atoms with Crippen molar-refractivity contribution in [2.45, 2.75) is 25.3 Å². The van der Waals surface area contributed by atoms with Gasteiger partial charge in [-0.3, -0.25) is 4.79 Å². The second-order valence-corrected chi connectivity index (χ2v) is 8.18. The van der Waals surface area contributed by atoms with Gasteiger partial charge in [0, 0.05) is 26.8 Å². The van der Waals surface area contributed by atoms with Crippen LogP contribution in [0, 0.1) is 0 Å². The van der Waals surface area contributed by atoms with Gasteiger partial charge in [-0.25, -0.2) is 17.9 Å². The van der Waals surface area contributed by atoms with Crippen molar-refractivity contribution in [3.8, 4) is 0 Å². The minimum atomic E-state index is -3.32. The summed E-state index contributed by atoms with van der Waals surface area (Å²) in [4.78, 5) is 18.0. The first kappa shape index (κ1) is 16.8. The van der Waals surface area contributed by atoms with E-state index in [1.165, 1.54) is 21.7 Å². The van der Waals surface area contributed by atoms with Gasteiger partial charge in [0.15, 0.2) is 5.65 Å². The fourth-order valence-corrected chi connectivity index (χ4v) is 4.29. The summed E-state index contributed by atoms with van der Waals surface area (Å²) >= 11 is 0. The molecule has 0 radical (unpaired) electrons. The Morgan fingerprint density at radius 1 is 1.33 bits per heavy atom. The minimum Gasteiger partial charge on any atom is -0.345 e. The van der Waals surface area contributed by atoms with E-state index in [4.69, 9.17) is 0 Å². The summed E-state index contributed by atoms with van der Waals surface area (Å²) < 4.78 is 27.4. The van der Waals surface area contributed by atoms with Crippen LogP contribution < -0.4 is 0 Å². The van der Waals surface area contributed by atoms with Gasteiger partial charge in [-0.2, -0.15) is 9.40 Å². The molecule has 1 atom stereocenters. The Hall–Kier alpha value is -2.00. The van der Waals surface area contributed by atoms with E-state index in [0.29, 0.717) is 17.8 Å². The Bertz CT molecular complexity index is 874. The molecule has 1 amide bonds. The predicted molar refractivity (Wildman–Crippen MR) is 89.1 cm³/mol. The van der Waals surface area contributed by atoms with Crippen molar-refractivity contribution in [2.24, 2.45) is 0 Å². The molecule has 0 aliphatic carbocycles. The van der Waals surface area contributed by atoms with Gasteiger partial charge in [0.2, 0.25) is 10.0 Å². The number of hydrogen-bond acceptors (Lipinski definition) is 5. The molecule has 0 spiro atoms. The molecule has 0 aromatic carbocycles. The molecule has 1 aliphatic heterocycles. The van der Waals surface area contributed by atoms with Gasteiger partial charge in [-0.15, -0.1) is 0 Å². The number of piperidine rings is 1. The molecule has 130 valence electrons. The molecular weight excluding hydrogens is 330 g/mol. The second kappa shape index (κ2) is 6.14. The zero-order chi connectivity index (χ0) is 17.5. The summed E-state index contributed by atoms with van der Waals surface area (Å²) in [6.07, 6.45) is 6.85. The molecule has 9 heteroatoms. The first-order chi connectivity index (χ1) is 11.3. The normalized spacial score (nSPS) is 19.5. The Morgan fingerprint density at radius 3 is 2.75 bits per heavy atom. The average molecular weight is 351 g/mol. The number of carbonyl (C=O) groups excluding carboxylic acids is 1. The molecule has 3 heterocycles. The van der Waals surface area contributed by atoms with Crippen molar-refractivity contribution in [3.05, 3.63) is 29.7 Å². The number of sulfonamides is 1. The van der Waals surface area contributed by atoms with E-state index in [9.17, 15) is 13.2 Å². The van der Waals surface area contributed by atoms with Crippen LogP contribution in [0.4, 0.5) is 0 Å². The van der Waals surface area contributed by atoms with Crippen LogP contribution in [0.2, 0.25) is 0 Å². The summed E-state index contributed by atoms with van der Waals surface area (Å²) in [5.74, 6) is -0.182. The van der Waals surface area contributed by atoms with Crippen LogP contribution in [0.3, 0.4) is 0 Å². The minimum absolute atomic E-state index is 0.182. The summed E-state index contributed by atoms with van der Waals surface area (Å²) in [5.41, 5.74) is 1.59. The maximum absolute atomic E-state index is 12.3. The summed E-state index contributed by atoms with van der Waals surface area (Å²) in [5, 5.41) is 4.30. The smallest absolute Gasteiger partial charge is 0.258 e. The van der Waals surface area contributed by atoms with Crippen LogP contribution in [0.15, 0.2) is 18.5 Å². The average Bonchev–Trinajstić information content (AvgIpc) is 2.97. The van der Waals surface area contributed by atoms with Crippen molar-refractivity contribution in [1.29, 1.82) is 0 Å². The zero-order valence-electron chi connectivity index (χ0n) is 14.0. The fraction of sp³-hybridized carbons (Fsp3) is 0.533. The maximum atomic E-state index is 12.3. The van der Waals surface area contributed by atoms with E-state index in [1.807, 2.05) is 0 Å². The number of carbonyl (C=O) groups is 1. The summed E-state index contributed by atoms with van der Waals surface area (Å²) in [7, 11) is 0.0196. The highest BCUT2D eigenvalue weighted by molar-refractivity contribution is 7.88. The Labute approximate surface area is 141 Å². The van der Waals surface area contributed by atoms with E-state index in [-0.39, 0.29) is 11.9 Å².